The molecule has 0 aliphatic heterocycles. The number of nitrogens with one attached hydrogen (secondary N) is 1. The van der Waals surface area contributed by atoms with Crippen molar-refractivity contribution in [1.82, 2.24) is 14.9 Å². The maximum absolute atomic E-state index is 12.4. The largest absolute Gasteiger partial charge is 0.401 e. The predicted molar refractivity (Wildman–Crippen MR) is 68.9 cm³/mol. The summed E-state index contributed by atoms with van der Waals surface area (Å²) in [6.45, 7) is -1.52. The van der Waals surface area contributed by atoms with Gasteiger partial charge in [-0.1, -0.05) is 0 Å². The second-order valence-corrected chi connectivity index (χ2v) is 4.51. The first-order chi connectivity index (χ1) is 9.37. The molecule has 20 heavy (non-hydrogen) atoms. The van der Waals surface area contributed by atoms with E-state index in [1.54, 1.807) is 18.2 Å². The Morgan fingerprint density at radius 3 is 2.75 bits per heavy atom. The van der Waals surface area contributed by atoms with Crippen molar-refractivity contribution in [3.63, 3.8) is 0 Å². The number of rotatable bonds is 5. The number of aliphatic hydroxyl groups excluding tert-OH is 1. The molecule has 110 valence electrons. The average Bonchev–Trinajstić information content (AvgIpc) is 2.68. The molecule has 5 nitrogen and oxygen atoms in total. The van der Waals surface area contributed by atoms with E-state index in [0.29, 0.717) is 22.5 Å². The monoisotopic (exact) mass is 288 g/mol. The molecule has 0 saturated carbocycles. The van der Waals surface area contributed by atoms with Gasteiger partial charge >= 0.3 is 6.18 Å². The van der Waals surface area contributed by atoms with Crippen molar-refractivity contribution in [3.8, 4) is 0 Å². The van der Waals surface area contributed by atoms with Crippen molar-refractivity contribution in [2.24, 2.45) is 0 Å². The Hall–Kier alpha value is -1.80. The zero-order valence-electron chi connectivity index (χ0n) is 10.6. The van der Waals surface area contributed by atoms with Crippen LogP contribution >= 0.6 is 0 Å². The molecular formula is C12H15F3N4O. The quantitative estimate of drug-likeness (QED) is 0.729. The molecule has 1 heterocycles. The molecule has 4 N–H and O–H groups in total. The molecule has 0 fully saturated rings. The number of anilines is 1. The number of aliphatic hydroxyl groups is 1. The van der Waals surface area contributed by atoms with Crippen molar-refractivity contribution in [3.05, 3.63) is 24.0 Å². The highest BCUT2D eigenvalue weighted by atomic mass is 19.4. The van der Waals surface area contributed by atoms with E-state index >= 15 is 0 Å². The summed E-state index contributed by atoms with van der Waals surface area (Å²) in [5.41, 5.74) is 7.50. The van der Waals surface area contributed by atoms with Gasteiger partial charge in [-0.15, -0.1) is 0 Å². The number of fused-ring (bicyclic) bond motifs is 1. The number of alkyl halides is 3. The third-order valence-corrected chi connectivity index (χ3v) is 2.75. The summed E-state index contributed by atoms with van der Waals surface area (Å²) < 4.78 is 37.3. The number of benzene rings is 1. The highest BCUT2D eigenvalue weighted by Crippen LogP contribution is 2.19. The van der Waals surface area contributed by atoms with E-state index in [-0.39, 0.29) is 19.7 Å². The fraction of sp³-hybridized carbons (Fsp3) is 0.417. The van der Waals surface area contributed by atoms with E-state index < -0.39 is 12.7 Å². The molecule has 1 aromatic heterocycles. The molecule has 0 spiro atoms. The van der Waals surface area contributed by atoms with Gasteiger partial charge in [-0.3, -0.25) is 4.90 Å². The topological polar surface area (TPSA) is 78.2 Å². The van der Waals surface area contributed by atoms with Crippen LogP contribution in [0.5, 0.6) is 0 Å². The van der Waals surface area contributed by atoms with Crippen LogP contribution in [0.1, 0.15) is 5.82 Å². The average molecular weight is 288 g/mol. The van der Waals surface area contributed by atoms with Crippen LogP contribution in [-0.4, -0.2) is 45.8 Å². The molecule has 0 unspecified atom stereocenters. The molecule has 0 saturated heterocycles. The number of nitrogen functional groups attached to an aromatic ring is 1. The molecule has 0 aliphatic rings. The fourth-order valence-corrected chi connectivity index (χ4v) is 1.98. The van der Waals surface area contributed by atoms with Crippen molar-refractivity contribution < 1.29 is 18.3 Å². The number of halogens is 3. The van der Waals surface area contributed by atoms with Crippen LogP contribution in [0, 0.1) is 0 Å². The highest BCUT2D eigenvalue weighted by molar-refractivity contribution is 5.78. The summed E-state index contributed by atoms with van der Waals surface area (Å²) in [7, 11) is 0. The van der Waals surface area contributed by atoms with Gasteiger partial charge in [-0.2, -0.15) is 13.2 Å². The minimum Gasteiger partial charge on any atom is -0.399 e. The van der Waals surface area contributed by atoms with Gasteiger partial charge in [0.2, 0.25) is 0 Å². The van der Waals surface area contributed by atoms with E-state index in [9.17, 15) is 13.2 Å². The Balaban J connectivity index is 2.15. The summed E-state index contributed by atoms with van der Waals surface area (Å²) in [5, 5.41) is 8.83. The SMILES string of the molecule is Nc1ccc2nc(CN(CCO)CC(F)(F)F)[nH]c2c1. The number of nitrogens with zero attached hydrogens (tertiary/aromatic N) is 2. The molecule has 1 aromatic carbocycles. The molecule has 0 aliphatic carbocycles. The van der Waals surface area contributed by atoms with Crippen molar-refractivity contribution in [1.29, 1.82) is 0 Å². The maximum Gasteiger partial charge on any atom is 0.401 e. The van der Waals surface area contributed by atoms with E-state index in [1.165, 1.54) is 0 Å². The molecule has 2 aromatic rings. The number of imidazole rings is 1. The van der Waals surface area contributed by atoms with Crippen LogP contribution in [0.15, 0.2) is 18.2 Å². The lowest BCUT2D eigenvalue weighted by Gasteiger charge is -2.21. The third-order valence-electron chi connectivity index (χ3n) is 2.75. The van der Waals surface area contributed by atoms with Crippen LogP contribution in [0.4, 0.5) is 18.9 Å². The second kappa shape index (κ2) is 5.68. The number of hydrogen-bond donors (Lipinski definition) is 3. The van der Waals surface area contributed by atoms with Crippen LogP contribution in [0.3, 0.4) is 0 Å². The Kier molecular flexibility index (Phi) is 4.15. The van der Waals surface area contributed by atoms with E-state index in [4.69, 9.17) is 10.8 Å². The summed E-state index contributed by atoms with van der Waals surface area (Å²) in [6.07, 6.45) is -4.31. The highest BCUT2D eigenvalue weighted by Gasteiger charge is 2.30. The minimum absolute atomic E-state index is 0.0192. The van der Waals surface area contributed by atoms with Crippen LogP contribution in [0.2, 0.25) is 0 Å². The van der Waals surface area contributed by atoms with E-state index in [0.717, 1.165) is 4.90 Å². The summed E-state index contributed by atoms with van der Waals surface area (Å²) in [4.78, 5) is 8.22. The smallest absolute Gasteiger partial charge is 0.399 e. The van der Waals surface area contributed by atoms with Gasteiger partial charge in [-0.25, -0.2) is 4.98 Å². The molecule has 0 bridgehead atoms. The number of aromatic amines is 1. The normalized spacial score (nSPS) is 12.4. The zero-order chi connectivity index (χ0) is 14.8. The number of aromatic nitrogens is 2. The lowest BCUT2D eigenvalue weighted by Crippen LogP contribution is -2.36. The lowest BCUT2D eigenvalue weighted by molar-refractivity contribution is -0.148. The summed E-state index contributed by atoms with van der Waals surface area (Å²) in [6, 6.07) is 5.05. The van der Waals surface area contributed by atoms with Crippen molar-refractivity contribution in [2.75, 3.05) is 25.4 Å². The Morgan fingerprint density at radius 2 is 2.10 bits per heavy atom. The number of hydrogen-bond acceptors (Lipinski definition) is 4. The van der Waals surface area contributed by atoms with E-state index in [2.05, 4.69) is 9.97 Å². The van der Waals surface area contributed by atoms with E-state index in [1.807, 2.05) is 0 Å². The zero-order valence-corrected chi connectivity index (χ0v) is 10.6. The van der Waals surface area contributed by atoms with Crippen LogP contribution < -0.4 is 5.73 Å². The Morgan fingerprint density at radius 1 is 1.35 bits per heavy atom. The molecule has 0 amide bonds. The Labute approximate surface area is 113 Å². The minimum atomic E-state index is -4.31. The third kappa shape index (κ3) is 3.84. The standard InChI is InChI=1S/C12H15F3N4O/c13-12(14,15)7-19(3-4-20)6-11-17-9-2-1-8(16)5-10(9)18-11/h1-2,5,20H,3-4,6-7,16H2,(H,17,18). The molecular weight excluding hydrogens is 273 g/mol. The first-order valence-corrected chi connectivity index (χ1v) is 6.01. The molecule has 0 radical (unpaired) electrons. The van der Waals surface area contributed by atoms with Gasteiger partial charge in [0.1, 0.15) is 5.82 Å². The summed E-state index contributed by atoms with van der Waals surface area (Å²) >= 11 is 0. The first-order valence-electron chi connectivity index (χ1n) is 6.01. The molecule has 0 atom stereocenters. The van der Waals surface area contributed by atoms with Gasteiger partial charge in [-0.05, 0) is 18.2 Å². The van der Waals surface area contributed by atoms with Gasteiger partial charge < -0.3 is 15.8 Å². The lowest BCUT2D eigenvalue weighted by atomic mass is 10.3. The number of H-pyrrole nitrogens is 1. The van der Waals surface area contributed by atoms with Crippen molar-refractivity contribution in [2.45, 2.75) is 12.7 Å². The molecule has 8 heteroatoms. The fourth-order valence-electron chi connectivity index (χ4n) is 1.98. The second-order valence-electron chi connectivity index (χ2n) is 4.51. The molecule has 2 rings (SSSR count). The number of nitrogens with two attached hydrogens (primary N) is 1. The van der Waals surface area contributed by atoms with Crippen LogP contribution in [-0.2, 0) is 6.54 Å². The van der Waals surface area contributed by atoms with Crippen molar-refractivity contribution >= 4 is 16.7 Å². The van der Waals surface area contributed by atoms with Gasteiger partial charge in [0.05, 0.1) is 30.7 Å². The van der Waals surface area contributed by atoms with Gasteiger partial charge in [0.25, 0.3) is 0 Å². The van der Waals surface area contributed by atoms with Gasteiger partial charge in [0.15, 0.2) is 0 Å². The van der Waals surface area contributed by atoms with Gasteiger partial charge in [0, 0.05) is 12.2 Å². The summed E-state index contributed by atoms with van der Waals surface area (Å²) in [5.74, 6) is 0.406. The first kappa shape index (κ1) is 14.6. The predicted octanol–water partition coefficient (Wildman–Crippen LogP) is 1.50. The maximum atomic E-state index is 12.4. The Bertz CT molecular complexity index is 582. The van der Waals surface area contributed by atoms with Crippen LogP contribution in [0.25, 0.3) is 11.0 Å².